The van der Waals surface area contributed by atoms with Crippen LogP contribution in [0.15, 0.2) is 48.5 Å². The summed E-state index contributed by atoms with van der Waals surface area (Å²) in [6, 6.07) is 15.0. The number of carbonyl (C=O) groups is 2. The van der Waals surface area contributed by atoms with Gasteiger partial charge in [-0.2, -0.15) is 0 Å². The van der Waals surface area contributed by atoms with Crippen LogP contribution in [-0.4, -0.2) is 36.3 Å². The molecular formula is C24H30ClN3O2. The van der Waals surface area contributed by atoms with E-state index >= 15 is 0 Å². The van der Waals surface area contributed by atoms with E-state index in [1.165, 1.54) is 0 Å². The van der Waals surface area contributed by atoms with E-state index in [0.29, 0.717) is 24.3 Å². The summed E-state index contributed by atoms with van der Waals surface area (Å²) in [5.41, 5.74) is 2.15. The largest absolute Gasteiger partial charge is 0.352 e. The molecule has 0 bridgehead atoms. The second-order valence-electron chi connectivity index (χ2n) is 7.81. The number of hydrogen-bond donors (Lipinski definition) is 2. The summed E-state index contributed by atoms with van der Waals surface area (Å²) in [6.45, 7) is 5.09. The van der Waals surface area contributed by atoms with E-state index in [2.05, 4.69) is 22.5 Å². The number of nitrogens with zero attached hydrogens (tertiary/aromatic N) is 1. The van der Waals surface area contributed by atoms with Crippen LogP contribution in [-0.2, 0) is 11.3 Å². The molecule has 0 aliphatic carbocycles. The highest BCUT2D eigenvalue weighted by Crippen LogP contribution is 2.24. The van der Waals surface area contributed by atoms with Crippen molar-refractivity contribution in [3.63, 3.8) is 0 Å². The zero-order valence-electron chi connectivity index (χ0n) is 17.5. The molecule has 2 aromatic carbocycles. The Balaban J connectivity index is 1.62. The summed E-state index contributed by atoms with van der Waals surface area (Å²) in [5, 5.41) is 6.67. The molecule has 160 valence electrons. The molecule has 1 aliphatic heterocycles. The van der Waals surface area contributed by atoms with Crippen LogP contribution in [0.25, 0.3) is 0 Å². The van der Waals surface area contributed by atoms with Gasteiger partial charge in [0.2, 0.25) is 5.91 Å². The van der Waals surface area contributed by atoms with Crippen molar-refractivity contribution in [2.45, 2.75) is 39.2 Å². The van der Waals surface area contributed by atoms with Gasteiger partial charge in [-0.1, -0.05) is 55.3 Å². The van der Waals surface area contributed by atoms with Crippen LogP contribution in [0.5, 0.6) is 0 Å². The van der Waals surface area contributed by atoms with Crippen molar-refractivity contribution < 1.29 is 9.59 Å². The summed E-state index contributed by atoms with van der Waals surface area (Å²) in [5.74, 6) is -0.298. The molecule has 3 rings (SSSR count). The minimum atomic E-state index is -0.150. The zero-order valence-corrected chi connectivity index (χ0v) is 18.3. The lowest BCUT2D eigenvalue weighted by Gasteiger charge is -2.32. The van der Waals surface area contributed by atoms with Crippen molar-refractivity contribution in [2.24, 2.45) is 5.92 Å². The second-order valence-corrected chi connectivity index (χ2v) is 8.22. The maximum absolute atomic E-state index is 13.0. The standard InChI is InChI=1S/C24H30ClN3O2/c1-2-3-14-26-24(30)20-11-5-7-13-22(20)27-23(29)19-10-8-15-28(17-19)16-18-9-4-6-12-21(18)25/h4-7,9,11-13,19H,2-3,8,10,14-17H2,1H3,(H,26,30)(H,27,29)/t19-/m0/s1. The van der Waals surface area contributed by atoms with E-state index in [-0.39, 0.29) is 17.7 Å². The number of piperidine rings is 1. The van der Waals surface area contributed by atoms with Crippen molar-refractivity contribution in [2.75, 3.05) is 25.0 Å². The Bertz CT molecular complexity index is 871. The van der Waals surface area contributed by atoms with Crippen molar-refractivity contribution >= 4 is 29.1 Å². The molecule has 5 nitrogen and oxygen atoms in total. The highest BCUT2D eigenvalue weighted by molar-refractivity contribution is 6.31. The number of hydrogen-bond acceptors (Lipinski definition) is 3. The number of carbonyl (C=O) groups excluding carboxylic acids is 2. The average Bonchev–Trinajstić information content (AvgIpc) is 2.76. The highest BCUT2D eigenvalue weighted by atomic mass is 35.5. The lowest BCUT2D eigenvalue weighted by atomic mass is 9.96. The van der Waals surface area contributed by atoms with Crippen LogP contribution in [0.4, 0.5) is 5.69 Å². The van der Waals surface area contributed by atoms with Gasteiger partial charge in [0.05, 0.1) is 17.2 Å². The van der Waals surface area contributed by atoms with Gasteiger partial charge in [0.25, 0.3) is 5.91 Å². The number of halogens is 1. The molecule has 0 radical (unpaired) electrons. The van der Waals surface area contributed by atoms with Crippen LogP contribution < -0.4 is 10.6 Å². The molecule has 1 fully saturated rings. The molecule has 1 aliphatic rings. The normalized spacial score (nSPS) is 16.8. The maximum Gasteiger partial charge on any atom is 0.253 e. The van der Waals surface area contributed by atoms with Crippen LogP contribution in [0, 0.1) is 5.92 Å². The van der Waals surface area contributed by atoms with E-state index in [0.717, 1.165) is 49.4 Å². The Hall–Kier alpha value is -2.37. The molecule has 0 saturated carbocycles. The van der Waals surface area contributed by atoms with Gasteiger partial charge < -0.3 is 10.6 Å². The summed E-state index contributed by atoms with van der Waals surface area (Å²) in [6.07, 6.45) is 3.76. The molecule has 0 aromatic heterocycles. The summed E-state index contributed by atoms with van der Waals surface area (Å²) < 4.78 is 0. The average molecular weight is 428 g/mol. The molecule has 0 spiro atoms. The first kappa shape index (κ1) is 22.3. The molecule has 2 aromatic rings. The lowest BCUT2D eigenvalue weighted by molar-refractivity contribution is -0.121. The molecule has 1 atom stereocenters. The molecule has 30 heavy (non-hydrogen) atoms. The van der Waals surface area contributed by atoms with E-state index in [1.807, 2.05) is 36.4 Å². The van der Waals surface area contributed by atoms with Crippen LogP contribution in [0.1, 0.15) is 48.5 Å². The van der Waals surface area contributed by atoms with Gasteiger partial charge in [0, 0.05) is 24.7 Å². The smallest absolute Gasteiger partial charge is 0.253 e. The first-order chi connectivity index (χ1) is 14.6. The fourth-order valence-corrected chi connectivity index (χ4v) is 3.98. The summed E-state index contributed by atoms with van der Waals surface area (Å²) in [4.78, 5) is 27.8. The number of likely N-dealkylation sites (tertiary alicyclic amines) is 1. The molecular weight excluding hydrogens is 398 g/mol. The van der Waals surface area contributed by atoms with E-state index in [1.54, 1.807) is 12.1 Å². The van der Waals surface area contributed by atoms with E-state index < -0.39 is 0 Å². The van der Waals surface area contributed by atoms with Gasteiger partial charge in [0.1, 0.15) is 0 Å². The van der Waals surface area contributed by atoms with Gasteiger partial charge in [-0.05, 0) is 49.6 Å². The number of amides is 2. The number of rotatable bonds is 8. The van der Waals surface area contributed by atoms with Crippen molar-refractivity contribution in [3.05, 3.63) is 64.7 Å². The van der Waals surface area contributed by atoms with Gasteiger partial charge >= 0.3 is 0 Å². The van der Waals surface area contributed by atoms with Crippen LogP contribution in [0.2, 0.25) is 5.02 Å². The lowest BCUT2D eigenvalue weighted by Crippen LogP contribution is -2.40. The first-order valence-corrected chi connectivity index (χ1v) is 11.1. The Morgan fingerprint density at radius 1 is 1.13 bits per heavy atom. The third-order valence-corrected chi connectivity index (χ3v) is 5.84. The van der Waals surface area contributed by atoms with Gasteiger partial charge in [-0.25, -0.2) is 0 Å². The van der Waals surface area contributed by atoms with Crippen molar-refractivity contribution in [1.29, 1.82) is 0 Å². The maximum atomic E-state index is 13.0. The number of para-hydroxylation sites is 1. The Kier molecular flexibility index (Phi) is 8.29. The topological polar surface area (TPSA) is 61.4 Å². The summed E-state index contributed by atoms with van der Waals surface area (Å²) in [7, 11) is 0. The highest BCUT2D eigenvalue weighted by Gasteiger charge is 2.27. The third kappa shape index (κ3) is 6.07. The molecule has 1 heterocycles. The molecule has 6 heteroatoms. The van der Waals surface area contributed by atoms with Crippen LogP contribution in [0.3, 0.4) is 0 Å². The SMILES string of the molecule is CCCCNC(=O)c1ccccc1NC(=O)[C@H]1CCCN(Cc2ccccc2Cl)C1. The monoisotopic (exact) mass is 427 g/mol. The van der Waals surface area contributed by atoms with Gasteiger partial charge in [-0.3, -0.25) is 14.5 Å². The fourth-order valence-electron chi connectivity index (χ4n) is 3.78. The number of benzene rings is 2. The zero-order chi connectivity index (χ0) is 21.3. The quantitative estimate of drug-likeness (QED) is 0.599. The molecule has 2 amide bonds. The summed E-state index contributed by atoms with van der Waals surface area (Å²) >= 11 is 6.30. The minimum Gasteiger partial charge on any atom is -0.352 e. The molecule has 1 saturated heterocycles. The third-order valence-electron chi connectivity index (χ3n) is 5.47. The van der Waals surface area contributed by atoms with Crippen molar-refractivity contribution in [3.8, 4) is 0 Å². The Morgan fingerprint density at radius 3 is 2.70 bits per heavy atom. The van der Waals surface area contributed by atoms with Gasteiger partial charge in [0.15, 0.2) is 0 Å². The minimum absolute atomic E-state index is 0.0346. The number of anilines is 1. The van der Waals surface area contributed by atoms with E-state index in [4.69, 9.17) is 11.6 Å². The predicted octanol–water partition coefficient (Wildman–Crippen LogP) is 4.72. The molecule has 0 unspecified atom stereocenters. The second kappa shape index (κ2) is 11.1. The predicted molar refractivity (Wildman–Crippen MR) is 122 cm³/mol. The van der Waals surface area contributed by atoms with E-state index in [9.17, 15) is 9.59 Å². The number of nitrogens with one attached hydrogen (secondary N) is 2. The van der Waals surface area contributed by atoms with Crippen molar-refractivity contribution in [1.82, 2.24) is 10.2 Å². The fraction of sp³-hybridized carbons (Fsp3) is 0.417. The Morgan fingerprint density at radius 2 is 1.90 bits per heavy atom. The first-order valence-electron chi connectivity index (χ1n) is 10.7. The number of unbranched alkanes of at least 4 members (excludes halogenated alkanes) is 1. The molecule has 2 N–H and O–H groups in total. The van der Waals surface area contributed by atoms with Gasteiger partial charge in [-0.15, -0.1) is 0 Å². The van der Waals surface area contributed by atoms with Crippen LogP contribution >= 0.6 is 11.6 Å². The Labute approximate surface area is 183 Å².